The first-order chi connectivity index (χ1) is 7.56. The van der Waals surface area contributed by atoms with Gasteiger partial charge in [0.05, 0.1) is 13.7 Å². The van der Waals surface area contributed by atoms with Crippen LogP contribution < -0.4 is 10.8 Å². The third-order valence-corrected chi connectivity index (χ3v) is 3.29. The summed E-state index contributed by atoms with van der Waals surface area (Å²) < 4.78 is 4.50. The molecule has 0 spiro atoms. The maximum atomic E-state index is 10.9. The average molecular weight is 243 g/mol. The molecule has 1 aromatic heterocycles. The lowest BCUT2D eigenvalue weighted by atomic mass is 9.79. The first-order valence-electron chi connectivity index (χ1n) is 4.80. The zero-order valence-corrected chi connectivity index (χ0v) is 9.95. The highest BCUT2D eigenvalue weighted by Gasteiger charge is 2.20. The molecule has 1 rings (SSSR count). The lowest BCUT2D eigenvalue weighted by Crippen LogP contribution is -2.35. The molecule has 0 fully saturated rings. The number of hydrogen-bond acceptors (Lipinski definition) is 6. The van der Waals surface area contributed by atoms with E-state index in [1.807, 2.05) is 6.92 Å². The summed E-state index contributed by atoms with van der Waals surface area (Å²) in [5.74, 6) is -0.352. The Hall–Kier alpha value is -0.885. The maximum Gasteiger partial charge on any atom is 0.489 e. The van der Waals surface area contributed by atoms with Gasteiger partial charge in [-0.1, -0.05) is 6.07 Å². The van der Waals surface area contributed by atoms with Crippen LogP contribution in [0, 0.1) is 0 Å². The van der Waals surface area contributed by atoms with E-state index in [0.717, 1.165) is 4.88 Å². The Balaban J connectivity index is 2.62. The number of hydrogen-bond donors (Lipinski definition) is 3. The highest BCUT2D eigenvalue weighted by Crippen LogP contribution is 2.16. The second kappa shape index (κ2) is 6.00. The molecule has 0 radical (unpaired) electrons. The first-order valence-corrected chi connectivity index (χ1v) is 5.67. The summed E-state index contributed by atoms with van der Waals surface area (Å²) >= 11 is 1.41. The van der Waals surface area contributed by atoms with Crippen molar-refractivity contribution in [3.8, 4) is 0 Å². The number of carbonyl (C=O) groups excluding carboxylic acids is 1. The van der Waals surface area contributed by atoms with E-state index in [1.165, 1.54) is 18.4 Å². The van der Waals surface area contributed by atoms with Gasteiger partial charge in [0.25, 0.3) is 0 Å². The Morgan fingerprint density at radius 1 is 1.69 bits per heavy atom. The van der Waals surface area contributed by atoms with E-state index in [9.17, 15) is 4.79 Å². The third kappa shape index (κ3) is 3.31. The fourth-order valence-electron chi connectivity index (χ4n) is 1.30. The molecular formula is C9H14BNO4S. The van der Waals surface area contributed by atoms with E-state index in [1.54, 1.807) is 11.4 Å². The van der Waals surface area contributed by atoms with Crippen molar-refractivity contribution >= 4 is 29.9 Å². The van der Waals surface area contributed by atoms with Crippen LogP contribution in [0.4, 0.5) is 0 Å². The molecule has 7 heteroatoms. The number of rotatable bonds is 5. The fraction of sp³-hybridized carbons (Fsp3) is 0.444. The van der Waals surface area contributed by atoms with E-state index in [4.69, 9.17) is 10.0 Å². The number of esters is 1. The van der Waals surface area contributed by atoms with Crippen molar-refractivity contribution in [3.63, 3.8) is 0 Å². The minimum Gasteiger partial charge on any atom is -0.468 e. The second-order valence-electron chi connectivity index (χ2n) is 3.29. The van der Waals surface area contributed by atoms with Crippen LogP contribution in [0.5, 0.6) is 0 Å². The summed E-state index contributed by atoms with van der Waals surface area (Å²) in [5.41, 5.74) is 0.467. The summed E-state index contributed by atoms with van der Waals surface area (Å²) in [6.07, 6.45) is 0. The van der Waals surface area contributed by atoms with Gasteiger partial charge >= 0.3 is 13.1 Å². The van der Waals surface area contributed by atoms with Gasteiger partial charge in [-0.05, 0) is 17.8 Å². The molecule has 0 aromatic carbocycles. The maximum absolute atomic E-state index is 10.9. The lowest BCUT2D eigenvalue weighted by Gasteiger charge is -2.13. The van der Waals surface area contributed by atoms with Crippen LogP contribution in [0.2, 0.25) is 0 Å². The molecule has 0 aliphatic heterocycles. The molecule has 1 aromatic rings. The Morgan fingerprint density at radius 3 is 2.94 bits per heavy atom. The molecule has 0 aliphatic rings. The number of nitrogens with one attached hydrogen (secondary N) is 1. The van der Waals surface area contributed by atoms with E-state index in [-0.39, 0.29) is 18.6 Å². The predicted octanol–water partition coefficient (Wildman–Crippen LogP) is -0.748. The van der Waals surface area contributed by atoms with Crippen LogP contribution in [0.25, 0.3) is 0 Å². The molecule has 16 heavy (non-hydrogen) atoms. The summed E-state index contributed by atoms with van der Waals surface area (Å²) in [6, 6.07) is 1.52. The molecule has 0 saturated heterocycles. The van der Waals surface area contributed by atoms with Gasteiger partial charge in [-0.2, -0.15) is 0 Å². The Labute approximate surface area is 98.2 Å². The molecule has 0 aliphatic carbocycles. The molecule has 88 valence electrons. The molecule has 0 bridgehead atoms. The van der Waals surface area contributed by atoms with Crippen molar-refractivity contribution in [3.05, 3.63) is 16.3 Å². The Bertz CT molecular complexity index is 355. The predicted molar refractivity (Wildman–Crippen MR) is 62.6 cm³/mol. The van der Waals surface area contributed by atoms with Crippen LogP contribution in [0.1, 0.15) is 17.8 Å². The molecular weight excluding hydrogens is 229 g/mol. The van der Waals surface area contributed by atoms with Gasteiger partial charge in [0.1, 0.15) is 0 Å². The second-order valence-corrected chi connectivity index (χ2v) is 4.24. The molecule has 1 atom stereocenters. The summed E-state index contributed by atoms with van der Waals surface area (Å²) in [4.78, 5) is 11.7. The quantitative estimate of drug-likeness (QED) is 0.468. The third-order valence-electron chi connectivity index (χ3n) is 2.18. The molecule has 0 saturated carbocycles. The number of methoxy groups -OCH3 is 1. The van der Waals surface area contributed by atoms with Crippen LogP contribution in [-0.2, 0) is 9.53 Å². The molecule has 0 amide bonds. The smallest absolute Gasteiger partial charge is 0.468 e. The van der Waals surface area contributed by atoms with Crippen LogP contribution in [-0.4, -0.2) is 36.8 Å². The normalized spacial score (nSPS) is 12.2. The largest absolute Gasteiger partial charge is 0.489 e. The zero-order chi connectivity index (χ0) is 12.1. The summed E-state index contributed by atoms with van der Waals surface area (Å²) in [6.45, 7) is 1.94. The van der Waals surface area contributed by atoms with Crippen molar-refractivity contribution in [1.82, 2.24) is 5.32 Å². The molecule has 5 nitrogen and oxygen atoms in total. The van der Waals surface area contributed by atoms with Gasteiger partial charge in [0, 0.05) is 10.9 Å². The van der Waals surface area contributed by atoms with Gasteiger partial charge < -0.3 is 14.8 Å². The van der Waals surface area contributed by atoms with Crippen molar-refractivity contribution < 1.29 is 19.6 Å². The Kier molecular flexibility index (Phi) is 4.94. The topological polar surface area (TPSA) is 78.8 Å². The van der Waals surface area contributed by atoms with Gasteiger partial charge in [-0.3, -0.25) is 10.1 Å². The highest BCUT2D eigenvalue weighted by atomic mass is 32.1. The minimum absolute atomic E-state index is 0.0938. The van der Waals surface area contributed by atoms with Crippen LogP contribution in [0.15, 0.2) is 11.4 Å². The van der Waals surface area contributed by atoms with Crippen molar-refractivity contribution in [2.75, 3.05) is 13.7 Å². The van der Waals surface area contributed by atoms with E-state index >= 15 is 0 Å². The van der Waals surface area contributed by atoms with Gasteiger partial charge in [0.15, 0.2) is 0 Å². The van der Waals surface area contributed by atoms with Crippen LogP contribution in [0.3, 0.4) is 0 Å². The van der Waals surface area contributed by atoms with E-state index in [2.05, 4.69) is 10.1 Å². The molecule has 1 unspecified atom stereocenters. The number of ether oxygens (including phenoxy) is 1. The van der Waals surface area contributed by atoms with E-state index < -0.39 is 7.12 Å². The average Bonchev–Trinajstić information content (AvgIpc) is 2.74. The molecule has 1 heterocycles. The standard InChI is InChI=1S/C9H14BNO4S/c1-6(11-5-8(12)15-2)9-7(10(13)14)3-4-16-9/h3-4,6,11,13-14H,5H2,1-2H3. The zero-order valence-electron chi connectivity index (χ0n) is 9.14. The lowest BCUT2D eigenvalue weighted by molar-refractivity contribution is -0.139. The van der Waals surface area contributed by atoms with Crippen LogP contribution >= 0.6 is 11.3 Å². The monoisotopic (exact) mass is 243 g/mol. The Morgan fingerprint density at radius 2 is 2.38 bits per heavy atom. The SMILES string of the molecule is COC(=O)CNC(C)c1sccc1B(O)O. The summed E-state index contributed by atoms with van der Waals surface area (Å²) in [7, 11) is -0.161. The molecule has 3 N–H and O–H groups in total. The van der Waals surface area contributed by atoms with Gasteiger partial charge in [-0.25, -0.2) is 0 Å². The summed E-state index contributed by atoms with van der Waals surface area (Å²) in [5, 5.41) is 22.9. The fourth-order valence-corrected chi connectivity index (χ4v) is 2.26. The van der Waals surface area contributed by atoms with Gasteiger partial charge in [0.2, 0.25) is 0 Å². The minimum atomic E-state index is -1.48. The number of carbonyl (C=O) groups is 1. The van der Waals surface area contributed by atoms with Gasteiger partial charge in [-0.15, -0.1) is 11.3 Å². The highest BCUT2D eigenvalue weighted by molar-refractivity contribution is 7.11. The van der Waals surface area contributed by atoms with Crippen molar-refractivity contribution in [1.29, 1.82) is 0 Å². The first kappa shape index (κ1) is 13.2. The van der Waals surface area contributed by atoms with Crippen molar-refractivity contribution in [2.24, 2.45) is 0 Å². The number of thiophene rings is 1. The van der Waals surface area contributed by atoms with E-state index in [0.29, 0.717) is 5.46 Å². The van der Waals surface area contributed by atoms with Crippen molar-refractivity contribution in [2.45, 2.75) is 13.0 Å².